The third-order valence-corrected chi connectivity index (χ3v) is 19.4. The highest BCUT2D eigenvalue weighted by molar-refractivity contribution is 7.88. The van der Waals surface area contributed by atoms with Gasteiger partial charge in [0.1, 0.15) is 52.0 Å². The largest absolute Gasteiger partial charge is 0.478 e. The van der Waals surface area contributed by atoms with Crippen molar-refractivity contribution in [2.75, 3.05) is 89.0 Å². The molecule has 0 aliphatic carbocycles. The number of rotatable bonds is 15. The molecule has 0 bridgehead atoms. The van der Waals surface area contributed by atoms with Crippen LogP contribution in [-0.2, 0) is 34.8 Å². The van der Waals surface area contributed by atoms with Gasteiger partial charge in [0, 0.05) is 73.7 Å². The number of nitrogens with one attached hydrogen (secondary N) is 1. The highest BCUT2D eigenvalue weighted by Gasteiger charge is 2.32. The lowest BCUT2D eigenvalue weighted by Gasteiger charge is -2.30. The SMILES string of the molecule is COC(=O)c1ccc(-c2nc(C3CCCN(S(C)(=O)=O)C3)cnc2N)cc1F.CS(=O)(=O)N1CCCC(c2cnc(N)c(-c3ccc(C(=O)N[C@H](CO)c4ccccc4)c(F)c3)n2)C1.CS(=O)(=O)N1CCCC(c2cnc(N)c(-c3ccc(C(=O)O)c(F)c3)n2)C1. The van der Waals surface area contributed by atoms with Crippen LogP contribution in [-0.4, -0.2) is 168 Å². The van der Waals surface area contributed by atoms with Crippen LogP contribution in [0.5, 0.6) is 0 Å². The van der Waals surface area contributed by atoms with Crippen LogP contribution in [0.15, 0.2) is 104 Å². The summed E-state index contributed by atoms with van der Waals surface area (Å²) in [6.45, 7) is 1.96. The lowest BCUT2D eigenvalue weighted by Crippen LogP contribution is -2.38. The predicted molar refractivity (Wildman–Crippen MR) is 333 cm³/mol. The van der Waals surface area contributed by atoms with E-state index in [2.05, 4.69) is 40.0 Å². The Morgan fingerprint density at radius 1 is 0.571 bits per heavy atom. The molecule has 25 nitrogen and oxygen atoms in total. The van der Waals surface area contributed by atoms with E-state index in [9.17, 15) is 53.5 Å². The standard InChI is InChI=1S/C25H28FN5O4S.C18H21FN4O4S.C17H19FN4O4S/c1-36(34,35)31-11-5-8-18(14-31)21-13-28-24(27)23(29-21)17-9-10-19(20(26)12-17)25(33)30-22(15-32)16-6-3-2-4-7-16;1-27-18(24)13-6-5-11(8-14(13)19)16-17(20)21-9-15(22-16)12-4-3-7-23(10-12)28(2,25)26;1-27(25,26)22-6-2-3-11(9-22)14-8-20-16(19)15(21-14)10-4-5-12(17(23)24)13(18)7-10/h2-4,6-7,9-10,12-13,18,22,32H,5,8,11,14-15H2,1H3,(H2,27,28)(H,30,33);5-6,8-9,12H,3-4,7,10H2,1-2H3,(H2,20,21);4-5,7-8,11H,2-3,6,9H2,1H3,(H2,19,20)(H,23,24)/t18?,22-;;/m1../s1. The van der Waals surface area contributed by atoms with Crippen molar-refractivity contribution in [3.63, 3.8) is 0 Å². The van der Waals surface area contributed by atoms with Crippen molar-refractivity contribution in [2.24, 2.45) is 0 Å². The van der Waals surface area contributed by atoms with Crippen molar-refractivity contribution in [3.8, 4) is 33.8 Å². The first kappa shape index (κ1) is 68.3. The van der Waals surface area contributed by atoms with Crippen molar-refractivity contribution in [1.29, 1.82) is 0 Å². The minimum absolute atomic E-state index is 0.0806. The number of nitrogen functional groups attached to an aromatic ring is 3. The molecule has 6 heterocycles. The molecule has 3 aliphatic heterocycles. The second-order valence-electron chi connectivity index (χ2n) is 22.0. The number of nitrogens with two attached hydrogens (primary N) is 3. The Hall–Kier alpha value is -8.59. The minimum atomic E-state index is -3.33. The molecule has 3 fully saturated rings. The number of anilines is 3. The molecule has 9 N–H and O–H groups in total. The number of carbonyl (C=O) groups excluding carboxylic acids is 2. The van der Waals surface area contributed by atoms with Crippen LogP contribution in [0.4, 0.5) is 30.6 Å². The van der Waals surface area contributed by atoms with Crippen molar-refractivity contribution in [2.45, 2.75) is 62.3 Å². The predicted octanol–water partition coefficient (Wildman–Crippen LogP) is 5.96. The highest BCUT2D eigenvalue weighted by Crippen LogP contribution is 2.35. The number of carboxylic acid groups (broad SMARTS) is 1. The number of aliphatic hydroxyl groups excluding tert-OH is 1. The Bertz CT molecular complexity index is 4200. The van der Waals surface area contributed by atoms with Crippen LogP contribution in [0.25, 0.3) is 33.8 Å². The summed E-state index contributed by atoms with van der Waals surface area (Å²) in [4.78, 5) is 61.3. The first-order valence-electron chi connectivity index (χ1n) is 28.4. The van der Waals surface area contributed by atoms with Gasteiger partial charge in [-0.15, -0.1) is 0 Å². The molecule has 10 rings (SSSR count). The zero-order valence-corrected chi connectivity index (χ0v) is 52.4. The van der Waals surface area contributed by atoms with Gasteiger partial charge in [-0.3, -0.25) is 4.79 Å². The van der Waals surface area contributed by atoms with Crippen LogP contribution in [0, 0.1) is 17.5 Å². The topological polar surface area (TPSA) is 380 Å². The van der Waals surface area contributed by atoms with Crippen LogP contribution < -0.4 is 22.5 Å². The molecule has 31 heteroatoms. The maximum absolute atomic E-state index is 15.0. The monoisotopic (exact) mass is 1320 g/mol. The van der Waals surface area contributed by atoms with E-state index in [1.54, 1.807) is 24.3 Å². The summed E-state index contributed by atoms with van der Waals surface area (Å²) < 4.78 is 123. The lowest BCUT2D eigenvalue weighted by atomic mass is 9.96. The number of carbonyl (C=O) groups is 3. The Balaban J connectivity index is 0.000000178. The third kappa shape index (κ3) is 17.1. The molecule has 4 aromatic carbocycles. The summed E-state index contributed by atoms with van der Waals surface area (Å²) in [5.41, 5.74) is 21.2. The van der Waals surface area contributed by atoms with Gasteiger partial charge < -0.3 is 37.5 Å². The third-order valence-electron chi connectivity index (χ3n) is 15.6. The molecule has 0 saturated carbocycles. The number of amides is 1. The number of aliphatic hydroxyl groups is 1. The number of benzene rings is 4. The van der Waals surface area contributed by atoms with E-state index in [4.69, 9.17) is 22.3 Å². The van der Waals surface area contributed by atoms with Gasteiger partial charge in [0.05, 0.1) is 90.9 Å². The number of hydrogen-bond acceptors (Lipinski definition) is 20. The molecule has 7 aromatic rings. The number of hydrogen-bond donors (Lipinski definition) is 6. The summed E-state index contributed by atoms with van der Waals surface area (Å²) in [5.74, 6) is -5.39. The molecule has 4 atom stereocenters. The number of piperidine rings is 3. The van der Waals surface area contributed by atoms with Gasteiger partial charge in [-0.05, 0) is 80.5 Å². The van der Waals surface area contributed by atoms with Gasteiger partial charge in [0.2, 0.25) is 30.1 Å². The Kier molecular flexibility index (Phi) is 21.9. The molecular weight excluding hydrogens is 1250 g/mol. The van der Waals surface area contributed by atoms with E-state index in [1.165, 1.54) is 93.8 Å². The smallest absolute Gasteiger partial charge is 0.340 e. The highest BCUT2D eigenvalue weighted by atomic mass is 32.2. The first-order chi connectivity index (χ1) is 43.0. The molecule has 3 saturated heterocycles. The van der Waals surface area contributed by atoms with E-state index in [0.717, 1.165) is 37.5 Å². The Labute approximate surface area is 524 Å². The average molecular weight is 1320 g/mol. The number of sulfonamides is 3. The van der Waals surface area contributed by atoms with Crippen LogP contribution in [0.1, 0.15) is 116 Å². The van der Waals surface area contributed by atoms with E-state index in [-0.39, 0.29) is 76.6 Å². The van der Waals surface area contributed by atoms with Crippen molar-refractivity contribution < 1.29 is 67.8 Å². The maximum atomic E-state index is 15.0. The molecular formula is C60H68F3N13O12S3. The number of ether oxygens (including phenoxy) is 1. The molecule has 91 heavy (non-hydrogen) atoms. The zero-order chi connectivity index (χ0) is 66.1. The summed E-state index contributed by atoms with van der Waals surface area (Å²) in [7, 11) is -8.75. The molecule has 484 valence electrons. The van der Waals surface area contributed by atoms with Crippen molar-refractivity contribution >= 4 is 65.4 Å². The number of carboxylic acids is 1. The van der Waals surface area contributed by atoms with Gasteiger partial charge in [-0.2, -0.15) is 0 Å². The summed E-state index contributed by atoms with van der Waals surface area (Å²) >= 11 is 0. The number of aromatic carboxylic acids is 1. The van der Waals surface area contributed by atoms with E-state index >= 15 is 4.39 Å². The molecule has 0 radical (unpaired) electrons. The van der Waals surface area contributed by atoms with Gasteiger partial charge in [-0.25, -0.2) is 90.8 Å². The molecule has 3 aromatic heterocycles. The normalized spacial score (nSPS) is 17.9. The molecule has 3 unspecified atom stereocenters. The number of methoxy groups -OCH3 is 1. The van der Waals surface area contributed by atoms with Crippen molar-refractivity contribution in [3.05, 3.63) is 160 Å². The Morgan fingerprint density at radius 2 is 0.923 bits per heavy atom. The summed E-state index contributed by atoms with van der Waals surface area (Å²) in [6, 6.07) is 19.8. The van der Waals surface area contributed by atoms with Crippen LogP contribution in [0.2, 0.25) is 0 Å². The van der Waals surface area contributed by atoms with Crippen LogP contribution >= 0.6 is 0 Å². The summed E-state index contributed by atoms with van der Waals surface area (Å²) in [5, 5.41) is 21.3. The van der Waals surface area contributed by atoms with Gasteiger partial charge in [-0.1, -0.05) is 48.5 Å². The van der Waals surface area contributed by atoms with E-state index in [1.807, 2.05) is 6.07 Å². The minimum Gasteiger partial charge on any atom is -0.478 e. The zero-order valence-electron chi connectivity index (χ0n) is 49.9. The number of halogens is 3. The van der Waals surface area contributed by atoms with E-state index in [0.29, 0.717) is 91.3 Å². The number of esters is 1. The average Bonchev–Trinajstić information content (AvgIpc) is 0.865. The molecule has 1 amide bonds. The fraction of sp³-hybridized carbons (Fsp3) is 0.350. The quantitative estimate of drug-likeness (QED) is 0.0645. The van der Waals surface area contributed by atoms with Gasteiger partial charge in [0.15, 0.2) is 0 Å². The maximum Gasteiger partial charge on any atom is 0.340 e. The molecule has 3 aliphatic rings. The second-order valence-corrected chi connectivity index (χ2v) is 27.9. The first-order valence-corrected chi connectivity index (χ1v) is 34.0. The lowest BCUT2D eigenvalue weighted by molar-refractivity contribution is 0.0594. The number of aromatic nitrogens is 6. The van der Waals surface area contributed by atoms with Crippen LogP contribution in [0.3, 0.4) is 0 Å². The second kappa shape index (κ2) is 29.1. The summed E-state index contributed by atoms with van der Waals surface area (Å²) in [6.07, 6.45) is 12.4. The van der Waals surface area contributed by atoms with Gasteiger partial charge in [0.25, 0.3) is 5.91 Å². The van der Waals surface area contributed by atoms with Gasteiger partial charge >= 0.3 is 11.9 Å². The van der Waals surface area contributed by atoms with Crippen molar-refractivity contribution in [1.82, 2.24) is 48.1 Å². The fourth-order valence-electron chi connectivity index (χ4n) is 10.7. The van der Waals surface area contributed by atoms with E-state index < -0.39 is 77.0 Å². The fourth-order valence-corrected chi connectivity index (χ4v) is 13.4. The number of nitrogens with zero attached hydrogens (tertiary/aromatic N) is 9. The Morgan fingerprint density at radius 3 is 1.24 bits per heavy atom. The molecule has 0 spiro atoms.